The lowest BCUT2D eigenvalue weighted by molar-refractivity contribution is 0.0730. The summed E-state index contributed by atoms with van der Waals surface area (Å²) in [5.41, 5.74) is 2.85. The van der Waals surface area contributed by atoms with Crippen LogP contribution in [0.3, 0.4) is 0 Å². The molecule has 0 atom stereocenters. The fourth-order valence-corrected chi connectivity index (χ4v) is 6.75. The van der Waals surface area contributed by atoms with Crippen molar-refractivity contribution in [2.45, 2.75) is 23.8 Å². The van der Waals surface area contributed by atoms with E-state index in [-0.39, 0.29) is 29.8 Å². The molecule has 8 nitrogen and oxygen atoms in total. The van der Waals surface area contributed by atoms with Gasteiger partial charge >= 0.3 is 0 Å². The summed E-state index contributed by atoms with van der Waals surface area (Å²) in [5, 5.41) is 0. The van der Waals surface area contributed by atoms with E-state index >= 15 is 0 Å². The van der Waals surface area contributed by atoms with Crippen LogP contribution in [0.5, 0.6) is 5.75 Å². The Morgan fingerprint density at radius 3 is 2.11 bits per heavy atom. The van der Waals surface area contributed by atoms with E-state index < -0.39 is 21.7 Å². The van der Waals surface area contributed by atoms with Crippen LogP contribution in [0.2, 0.25) is 0 Å². The highest BCUT2D eigenvalue weighted by molar-refractivity contribution is 7.89. The van der Waals surface area contributed by atoms with Crippen molar-refractivity contribution in [1.29, 1.82) is 0 Å². The van der Waals surface area contributed by atoms with Crippen molar-refractivity contribution in [3.8, 4) is 5.75 Å². The number of aromatic nitrogens is 1. The zero-order valence-corrected chi connectivity index (χ0v) is 24.8. The summed E-state index contributed by atoms with van der Waals surface area (Å²) in [6.45, 7) is 2.24. The van der Waals surface area contributed by atoms with Gasteiger partial charge in [-0.05, 0) is 18.2 Å². The van der Waals surface area contributed by atoms with E-state index in [9.17, 15) is 17.2 Å². The molecule has 2 aliphatic rings. The number of aliphatic imine (C=N–C) groups is 1. The van der Waals surface area contributed by atoms with Crippen molar-refractivity contribution in [3.05, 3.63) is 114 Å². The molecule has 11 heteroatoms. The van der Waals surface area contributed by atoms with E-state index in [1.54, 1.807) is 6.07 Å². The van der Waals surface area contributed by atoms with Gasteiger partial charge in [-0.25, -0.2) is 27.2 Å². The lowest BCUT2D eigenvalue weighted by Gasteiger charge is -2.33. The number of morpholine rings is 1. The third kappa shape index (κ3) is 6.64. The van der Waals surface area contributed by atoms with Crippen molar-refractivity contribution < 1.29 is 26.7 Å². The Balaban J connectivity index is 1.36. The molecule has 0 N–H and O–H groups in total. The minimum atomic E-state index is -3.83. The van der Waals surface area contributed by atoms with Crippen LogP contribution in [0.25, 0.3) is 0 Å². The molecule has 0 saturated carbocycles. The molecule has 0 spiro atoms. The molecular weight excluding hydrogens is 586 g/mol. The molecule has 2 fully saturated rings. The fourth-order valence-electron chi connectivity index (χ4n) is 5.37. The van der Waals surface area contributed by atoms with Crippen molar-refractivity contribution >= 4 is 27.2 Å². The number of ether oxygens (including phenoxy) is 2. The molecule has 228 valence electrons. The zero-order chi connectivity index (χ0) is 30.5. The molecule has 0 unspecified atom stereocenters. The van der Waals surface area contributed by atoms with E-state index in [4.69, 9.17) is 14.5 Å². The highest BCUT2D eigenvalue weighted by atomic mass is 32.2. The second-order valence-corrected chi connectivity index (χ2v) is 12.5. The fraction of sp³-hybridized carbons (Fsp3) is 0.273. The molecule has 3 aromatic carbocycles. The number of hydrogen-bond acceptors (Lipinski definition) is 7. The molecule has 0 bridgehead atoms. The van der Waals surface area contributed by atoms with Crippen LogP contribution in [0.15, 0.2) is 101 Å². The number of pyridine rings is 1. The summed E-state index contributed by atoms with van der Waals surface area (Å²) in [4.78, 5) is 11.9. The molecule has 4 aromatic rings. The lowest BCUT2D eigenvalue weighted by Crippen LogP contribution is -2.41. The standard InChI is InChI=1S/C33H32F2N4O4S/c34-26-11-12-31(29(35)21-26)43-27-13-15-38(16-14-27)33-30(22-28(23-36-33)44(40,41)39-17-19-42-20-18-39)37-32(24-7-3-1-4-8-24)25-9-5-2-6-10-25/h1-12,21-23,27H,13-20H2. The topological polar surface area (TPSA) is 84.3 Å². The SMILES string of the molecule is O=S(=O)(c1cnc(N2CCC(Oc3ccc(F)cc3F)CC2)c(N=C(c2ccccc2)c2ccccc2)c1)N1CCOCC1. The summed E-state index contributed by atoms with van der Waals surface area (Å²) < 4.78 is 67.4. The smallest absolute Gasteiger partial charge is 0.244 e. The van der Waals surface area contributed by atoms with Crippen LogP contribution in [0, 0.1) is 11.6 Å². The van der Waals surface area contributed by atoms with Crippen LogP contribution in [0.1, 0.15) is 24.0 Å². The summed E-state index contributed by atoms with van der Waals surface area (Å²) in [7, 11) is -3.83. The second kappa shape index (κ2) is 13.2. The quantitative estimate of drug-likeness (QED) is 0.239. The summed E-state index contributed by atoms with van der Waals surface area (Å²) >= 11 is 0. The number of piperidine rings is 1. The Kier molecular flexibility index (Phi) is 8.96. The van der Waals surface area contributed by atoms with E-state index in [0.717, 1.165) is 17.2 Å². The minimum Gasteiger partial charge on any atom is -0.487 e. The first-order chi connectivity index (χ1) is 21.4. The van der Waals surface area contributed by atoms with Gasteiger partial charge in [-0.2, -0.15) is 4.31 Å². The average molecular weight is 619 g/mol. The number of benzene rings is 3. The van der Waals surface area contributed by atoms with Crippen LogP contribution in [0.4, 0.5) is 20.3 Å². The first-order valence-electron chi connectivity index (χ1n) is 14.5. The third-order valence-corrected chi connectivity index (χ3v) is 9.55. The number of halogens is 2. The zero-order valence-electron chi connectivity index (χ0n) is 24.0. The number of hydrogen-bond donors (Lipinski definition) is 0. The van der Waals surface area contributed by atoms with E-state index in [0.29, 0.717) is 56.4 Å². The monoisotopic (exact) mass is 618 g/mol. The molecule has 0 amide bonds. The minimum absolute atomic E-state index is 0.0151. The first kappa shape index (κ1) is 29.9. The van der Waals surface area contributed by atoms with Crippen molar-refractivity contribution in [2.75, 3.05) is 44.3 Å². The third-order valence-electron chi connectivity index (χ3n) is 7.69. The normalized spacial score (nSPS) is 16.5. The molecule has 6 rings (SSSR count). The molecular formula is C33H32F2N4O4S. The van der Waals surface area contributed by atoms with Crippen LogP contribution in [-0.4, -0.2) is 68.9 Å². The molecule has 3 heterocycles. The van der Waals surface area contributed by atoms with Gasteiger partial charge in [0.15, 0.2) is 17.4 Å². The molecule has 44 heavy (non-hydrogen) atoms. The van der Waals surface area contributed by atoms with E-state index in [1.165, 1.54) is 22.6 Å². The first-order valence-corrected chi connectivity index (χ1v) is 16.0. The number of anilines is 1. The molecule has 2 aliphatic heterocycles. The predicted octanol–water partition coefficient (Wildman–Crippen LogP) is 5.60. The summed E-state index contributed by atoms with van der Waals surface area (Å²) in [6.07, 6.45) is 2.23. The summed E-state index contributed by atoms with van der Waals surface area (Å²) in [5.74, 6) is -0.839. The van der Waals surface area contributed by atoms with E-state index in [2.05, 4.69) is 4.98 Å². The van der Waals surface area contributed by atoms with Crippen molar-refractivity contribution in [2.24, 2.45) is 4.99 Å². The maximum Gasteiger partial charge on any atom is 0.244 e. The maximum atomic E-state index is 14.2. The maximum absolute atomic E-state index is 14.2. The Bertz CT molecular complexity index is 1680. The van der Waals surface area contributed by atoms with Gasteiger partial charge in [-0.15, -0.1) is 0 Å². The Morgan fingerprint density at radius 1 is 0.864 bits per heavy atom. The lowest BCUT2D eigenvalue weighted by atomic mass is 10.0. The van der Waals surface area contributed by atoms with Crippen molar-refractivity contribution in [3.63, 3.8) is 0 Å². The average Bonchev–Trinajstić information content (AvgIpc) is 3.06. The van der Waals surface area contributed by atoms with E-state index in [1.807, 2.05) is 65.6 Å². The molecule has 0 aliphatic carbocycles. The summed E-state index contributed by atoms with van der Waals surface area (Å²) in [6, 6.07) is 24.3. The number of nitrogens with zero attached hydrogens (tertiary/aromatic N) is 4. The molecule has 0 radical (unpaired) electrons. The number of sulfonamides is 1. The van der Waals surface area contributed by atoms with Gasteiger partial charge in [0.25, 0.3) is 0 Å². The van der Waals surface area contributed by atoms with Crippen LogP contribution in [-0.2, 0) is 14.8 Å². The Labute approximate surface area is 255 Å². The highest BCUT2D eigenvalue weighted by Gasteiger charge is 2.30. The van der Waals surface area contributed by atoms with Crippen LogP contribution < -0.4 is 9.64 Å². The Morgan fingerprint density at radius 2 is 1.50 bits per heavy atom. The van der Waals surface area contributed by atoms with Gasteiger partial charge in [0.05, 0.1) is 18.9 Å². The van der Waals surface area contributed by atoms with Gasteiger partial charge in [-0.3, -0.25) is 0 Å². The second-order valence-electron chi connectivity index (χ2n) is 10.6. The van der Waals surface area contributed by atoms with Crippen LogP contribution >= 0.6 is 0 Å². The highest BCUT2D eigenvalue weighted by Crippen LogP contribution is 2.34. The molecule has 1 aromatic heterocycles. The predicted molar refractivity (Wildman–Crippen MR) is 164 cm³/mol. The van der Waals surface area contributed by atoms with Gasteiger partial charge < -0.3 is 14.4 Å². The largest absolute Gasteiger partial charge is 0.487 e. The number of rotatable bonds is 8. The van der Waals surface area contributed by atoms with Gasteiger partial charge in [0.1, 0.15) is 22.5 Å². The van der Waals surface area contributed by atoms with Crippen molar-refractivity contribution in [1.82, 2.24) is 9.29 Å². The molecule has 2 saturated heterocycles. The Hall–Kier alpha value is -4.19. The van der Waals surface area contributed by atoms with Gasteiger partial charge in [0, 0.05) is 62.4 Å². The van der Waals surface area contributed by atoms with Gasteiger partial charge in [-0.1, -0.05) is 60.7 Å². The van der Waals surface area contributed by atoms with Gasteiger partial charge in [0.2, 0.25) is 10.0 Å².